The van der Waals surface area contributed by atoms with E-state index in [0.29, 0.717) is 5.92 Å². The molecule has 1 aromatic rings. The van der Waals surface area contributed by atoms with E-state index in [1.165, 1.54) is 42.7 Å². The third-order valence-corrected chi connectivity index (χ3v) is 10.5. The van der Waals surface area contributed by atoms with Gasteiger partial charge in [-0.2, -0.15) is 0 Å². The molecule has 2 aliphatic rings. The van der Waals surface area contributed by atoms with Gasteiger partial charge in [0.05, 0.1) is 12.1 Å². The molecule has 40 heavy (non-hydrogen) atoms. The van der Waals surface area contributed by atoms with E-state index in [9.17, 15) is 4.39 Å². The first-order chi connectivity index (χ1) is 19.2. The molecule has 0 aromatic heterocycles. The van der Waals surface area contributed by atoms with Gasteiger partial charge in [-0.1, -0.05) is 72.1 Å². The zero-order chi connectivity index (χ0) is 29.3. The highest BCUT2D eigenvalue weighted by molar-refractivity contribution is 5.81. The van der Waals surface area contributed by atoms with Gasteiger partial charge < -0.3 is 9.64 Å². The van der Waals surface area contributed by atoms with Crippen LogP contribution in [0.5, 0.6) is 0 Å². The fourth-order valence-corrected chi connectivity index (χ4v) is 7.80. The number of rotatable bonds is 15. The predicted octanol–water partition coefficient (Wildman–Crippen LogP) is 9.26. The second-order valence-electron chi connectivity index (χ2n) is 13.0. The summed E-state index contributed by atoms with van der Waals surface area (Å²) in [6, 6.07) is 7.71. The van der Waals surface area contributed by atoms with Crippen molar-refractivity contribution in [3.05, 3.63) is 47.3 Å². The quantitative estimate of drug-likeness (QED) is 0.159. The summed E-state index contributed by atoms with van der Waals surface area (Å²) in [6.45, 7) is 19.4. The molecular formula is C36H59FN2O. The maximum absolute atomic E-state index is 14.9. The normalized spacial score (nSPS) is 24.9. The lowest BCUT2D eigenvalue weighted by molar-refractivity contribution is 0.00559. The molecule has 0 bridgehead atoms. The molecule has 1 saturated heterocycles. The molecule has 3 rings (SSSR count). The highest BCUT2D eigenvalue weighted by Crippen LogP contribution is 2.53. The topological polar surface area (TPSA) is 24.8 Å². The van der Waals surface area contributed by atoms with Gasteiger partial charge in [0.2, 0.25) is 0 Å². The van der Waals surface area contributed by atoms with Crippen LogP contribution in [-0.4, -0.2) is 49.5 Å². The van der Waals surface area contributed by atoms with Crippen LogP contribution in [0.3, 0.4) is 0 Å². The van der Waals surface area contributed by atoms with Crippen LogP contribution in [0.15, 0.2) is 40.9 Å². The number of ether oxygens (including phenoxy) is 1. The molecule has 0 N–H and O–H groups in total. The summed E-state index contributed by atoms with van der Waals surface area (Å²) >= 11 is 0. The Kier molecular flexibility index (Phi) is 12.9. The maximum Gasteiger partial charge on any atom is 0.123 e. The lowest BCUT2D eigenvalue weighted by Gasteiger charge is -2.50. The number of piperidine rings is 1. The monoisotopic (exact) mass is 554 g/mol. The van der Waals surface area contributed by atoms with E-state index < -0.39 is 0 Å². The van der Waals surface area contributed by atoms with E-state index in [1.807, 2.05) is 19.2 Å². The summed E-state index contributed by atoms with van der Waals surface area (Å²) in [5.74, 6) is 2.17. The minimum atomic E-state index is -0.143. The van der Waals surface area contributed by atoms with E-state index in [2.05, 4.69) is 65.5 Å². The predicted molar refractivity (Wildman–Crippen MR) is 170 cm³/mol. The average molecular weight is 555 g/mol. The zero-order valence-corrected chi connectivity index (χ0v) is 27.0. The third kappa shape index (κ3) is 7.85. The van der Waals surface area contributed by atoms with Gasteiger partial charge in [0, 0.05) is 30.7 Å². The maximum atomic E-state index is 14.9. The molecule has 1 aliphatic heterocycles. The smallest absolute Gasteiger partial charge is 0.123 e. The van der Waals surface area contributed by atoms with Crippen molar-refractivity contribution in [2.24, 2.45) is 28.7 Å². The van der Waals surface area contributed by atoms with Gasteiger partial charge in [0.1, 0.15) is 5.82 Å². The number of nitrogens with zero attached hydrogens (tertiary/aromatic N) is 2. The van der Waals surface area contributed by atoms with Crippen LogP contribution in [0.4, 0.5) is 4.39 Å². The van der Waals surface area contributed by atoms with Crippen LogP contribution in [0, 0.1) is 29.5 Å². The average Bonchev–Trinajstić information content (AvgIpc) is 3.41. The first-order valence-electron chi connectivity index (χ1n) is 16.5. The number of likely N-dealkylation sites (tertiary alicyclic amines) is 1. The van der Waals surface area contributed by atoms with Crippen molar-refractivity contribution in [1.82, 2.24) is 4.90 Å². The Morgan fingerprint density at radius 1 is 1.12 bits per heavy atom. The van der Waals surface area contributed by atoms with Crippen molar-refractivity contribution in [1.29, 1.82) is 0 Å². The van der Waals surface area contributed by atoms with Gasteiger partial charge in [-0.3, -0.25) is 4.99 Å². The Labute approximate surface area is 246 Å². The molecule has 4 unspecified atom stereocenters. The fraction of sp³-hybridized carbons (Fsp3) is 0.750. The Bertz CT molecular complexity index is 965. The van der Waals surface area contributed by atoms with E-state index in [4.69, 9.17) is 9.73 Å². The summed E-state index contributed by atoms with van der Waals surface area (Å²) in [7, 11) is 1.87. The van der Waals surface area contributed by atoms with Gasteiger partial charge in [-0.15, -0.1) is 0 Å². The van der Waals surface area contributed by atoms with Crippen LogP contribution in [-0.2, 0) is 10.2 Å². The van der Waals surface area contributed by atoms with Crippen molar-refractivity contribution in [2.75, 3.05) is 26.7 Å². The summed E-state index contributed by atoms with van der Waals surface area (Å²) < 4.78 is 21.1. The van der Waals surface area contributed by atoms with Gasteiger partial charge in [-0.25, -0.2) is 4.39 Å². The summed E-state index contributed by atoms with van der Waals surface area (Å²) in [5.41, 5.74) is 3.60. The molecule has 1 aromatic carbocycles. The Morgan fingerprint density at radius 2 is 1.85 bits per heavy atom. The van der Waals surface area contributed by atoms with E-state index in [1.54, 1.807) is 6.07 Å². The molecule has 0 saturated carbocycles. The van der Waals surface area contributed by atoms with Crippen LogP contribution in [0.2, 0.25) is 0 Å². The van der Waals surface area contributed by atoms with Crippen LogP contribution < -0.4 is 0 Å². The molecule has 1 fully saturated rings. The number of benzene rings is 1. The second kappa shape index (κ2) is 15.6. The first-order valence-corrected chi connectivity index (χ1v) is 16.5. The minimum absolute atomic E-state index is 0.0995. The third-order valence-electron chi connectivity index (χ3n) is 10.5. The standard InChI is InChI=1S/C36H59FN2O/c1-9-18-36(32-14-13-15-33(37)24-32,34-22-30(23-35(34)40-8)28(7)38-27(6)11-3)31-16-19-39(20-17-31)25-29(12-4)21-26(5)10-2/h13-15,22,24,26,28-29,31,34-35H,9-12,16-21,23,25H2,1-8H3/b38-27+/t26?,28?,29?,34?,35-,36-/m0/s1. The van der Waals surface area contributed by atoms with Gasteiger partial charge in [-0.05, 0) is 106 Å². The molecule has 0 spiro atoms. The van der Waals surface area contributed by atoms with Crippen molar-refractivity contribution < 1.29 is 9.13 Å². The molecule has 6 atom stereocenters. The number of halogens is 1. The Morgan fingerprint density at radius 3 is 2.42 bits per heavy atom. The summed E-state index contributed by atoms with van der Waals surface area (Å²) in [6.07, 6.45) is 12.8. The van der Waals surface area contributed by atoms with Gasteiger partial charge in [0.15, 0.2) is 0 Å². The van der Waals surface area contributed by atoms with Crippen LogP contribution in [0.1, 0.15) is 112 Å². The first kappa shape index (κ1) is 33.0. The van der Waals surface area contributed by atoms with Crippen molar-refractivity contribution in [3.8, 4) is 0 Å². The van der Waals surface area contributed by atoms with Crippen molar-refractivity contribution in [3.63, 3.8) is 0 Å². The van der Waals surface area contributed by atoms with Crippen LogP contribution >= 0.6 is 0 Å². The molecule has 3 nitrogen and oxygen atoms in total. The number of hydrogen-bond acceptors (Lipinski definition) is 3. The molecule has 1 heterocycles. The molecule has 0 amide bonds. The highest BCUT2D eigenvalue weighted by Gasteiger charge is 2.51. The van der Waals surface area contributed by atoms with Crippen molar-refractivity contribution >= 4 is 5.71 Å². The second-order valence-corrected chi connectivity index (χ2v) is 13.0. The van der Waals surface area contributed by atoms with Crippen molar-refractivity contribution in [2.45, 2.75) is 124 Å². The van der Waals surface area contributed by atoms with Gasteiger partial charge >= 0.3 is 0 Å². The zero-order valence-electron chi connectivity index (χ0n) is 27.0. The molecular weight excluding hydrogens is 495 g/mol. The lowest BCUT2D eigenvalue weighted by atomic mass is 9.57. The molecule has 226 valence electrons. The fourth-order valence-electron chi connectivity index (χ4n) is 7.80. The lowest BCUT2D eigenvalue weighted by Crippen LogP contribution is -2.50. The molecule has 0 radical (unpaired) electrons. The van der Waals surface area contributed by atoms with E-state index in [-0.39, 0.29) is 29.3 Å². The highest BCUT2D eigenvalue weighted by atomic mass is 19.1. The number of methoxy groups -OCH3 is 1. The SMILES string of the molecule is CCC[C@@](c1cccc(F)c1)(C1CCN(CC(CC)CC(C)CC)CC1)C1C=C(C(C)/N=C(\C)CC)C[C@@H]1OC. The Hall–Kier alpha value is -1.52. The Balaban J connectivity index is 1.96. The van der Waals surface area contributed by atoms with E-state index >= 15 is 0 Å². The summed E-state index contributed by atoms with van der Waals surface area (Å²) in [5, 5.41) is 0. The van der Waals surface area contributed by atoms with Gasteiger partial charge in [0.25, 0.3) is 0 Å². The largest absolute Gasteiger partial charge is 0.380 e. The van der Waals surface area contributed by atoms with Crippen LogP contribution in [0.25, 0.3) is 0 Å². The van der Waals surface area contributed by atoms with E-state index in [0.717, 1.165) is 63.5 Å². The number of aliphatic imine (C=N–C) groups is 1. The summed E-state index contributed by atoms with van der Waals surface area (Å²) in [4.78, 5) is 7.73. The molecule has 1 aliphatic carbocycles. The molecule has 4 heteroatoms. The number of hydrogen-bond donors (Lipinski definition) is 0. The minimum Gasteiger partial charge on any atom is -0.380 e.